The Morgan fingerprint density at radius 2 is 2.18 bits per heavy atom. The van der Waals surface area contributed by atoms with Crippen molar-refractivity contribution in [3.63, 3.8) is 0 Å². The first kappa shape index (κ1) is 14.2. The molecule has 2 aliphatic heterocycles. The van der Waals surface area contributed by atoms with Gasteiger partial charge < -0.3 is 13.9 Å². The maximum absolute atomic E-state index is 6.11. The molecule has 2 aromatic heterocycles. The molecule has 0 bridgehead atoms. The van der Waals surface area contributed by atoms with Crippen LogP contribution in [0.25, 0.3) is 5.65 Å². The van der Waals surface area contributed by atoms with E-state index in [0.29, 0.717) is 6.61 Å². The first-order valence-electron chi connectivity index (χ1n) is 7.97. The van der Waals surface area contributed by atoms with E-state index in [1.807, 2.05) is 24.4 Å². The van der Waals surface area contributed by atoms with Crippen LogP contribution in [0.2, 0.25) is 0 Å². The number of aromatic nitrogens is 2. The Kier molecular flexibility index (Phi) is 3.25. The van der Waals surface area contributed by atoms with E-state index in [-0.39, 0.29) is 11.2 Å². The van der Waals surface area contributed by atoms with Crippen molar-refractivity contribution in [2.24, 2.45) is 0 Å². The van der Waals surface area contributed by atoms with Crippen molar-refractivity contribution in [2.45, 2.75) is 38.0 Å². The third-order valence-electron chi connectivity index (χ3n) is 4.68. The van der Waals surface area contributed by atoms with Gasteiger partial charge in [-0.15, -0.1) is 0 Å². The highest BCUT2D eigenvalue weighted by Gasteiger charge is 2.47. The van der Waals surface area contributed by atoms with Gasteiger partial charge in [-0.25, -0.2) is 4.98 Å². The minimum absolute atomic E-state index is 0.0771. The molecule has 1 spiro atoms. The van der Waals surface area contributed by atoms with Gasteiger partial charge in [0.05, 0.1) is 30.7 Å². The minimum atomic E-state index is -0.137. The molecule has 2 aromatic rings. The standard InChI is InChI=1S/C17H23N3O2/c1-16(2)11-17(13-22-16)12-19(7-8-21-17)10-14-9-18-15-5-3-4-6-20(14)15/h3-6,9H,7-8,10-13H2,1-2H3. The van der Waals surface area contributed by atoms with E-state index in [0.717, 1.165) is 38.3 Å². The van der Waals surface area contributed by atoms with Gasteiger partial charge in [-0.1, -0.05) is 6.07 Å². The lowest BCUT2D eigenvalue weighted by Crippen LogP contribution is -2.52. The lowest BCUT2D eigenvalue weighted by Gasteiger charge is -2.39. The van der Waals surface area contributed by atoms with Crippen molar-refractivity contribution in [1.29, 1.82) is 0 Å². The maximum Gasteiger partial charge on any atom is 0.136 e. The third kappa shape index (κ3) is 2.53. The highest BCUT2D eigenvalue weighted by atomic mass is 16.6. The molecule has 2 saturated heterocycles. The zero-order valence-corrected chi connectivity index (χ0v) is 13.3. The maximum atomic E-state index is 6.11. The van der Waals surface area contributed by atoms with E-state index in [1.165, 1.54) is 5.69 Å². The summed E-state index contributed by atoms with van der Waals surface area (Å²) in [5, 5.41) is 0. The fourth-order valence-electron chi connectivity index (χ4n) is 3.79. The topological polar surface area (TPSA) is 39.0 Å². The van der Waals surface area contributed by atoms with E-state index in [9.17, 15) is 0 Å². The smallest absolute Gasteiger partial charge is 0.136 e. The minimum Gasteiger partial charge on any atom is -0.372 e. The molecule has 0 aromatic carbocycles. The number of fused-ring (bicyclic) bond motifs is 1. The van der Waals surface area contributed by atoms with E-state index >= 15 is 0 Å². The molecule has 4 rings (SSSR count). The monoisotopic (exact) mass is 301 g/mol. The van der Waals surface area contributed by atoms with Crippen LogP contribution in [0.4, 0.5) is 0 Å². The molecule has 5 nitrogen and oxygen atoms in total. The molecular weight excluding hydrogens is 278 g/mol. The van der Waals surface area contributed by atoms with Gasteiger partial charge >= 0.3 is 0 Å². The molecule has 0 N–H and O–H groups in total. The van der Waals surface area contributed by atoms with Gasteiger partial charge in [-0.3, -0.25) is 4.90 Å². The molecule has 1 atom stereocenters. The molecule has 2 aliphatic rings. The van der Waals surface area contributed by atoms with Crippen molar-refractivity contribution in [3.8, 4) is 0 Å². The fourth-order valence-corrected chi connectivity index (χ4v) is 3.79. The van der Waals surface area contributed by atoms with Gasteiger partial charge in [0.25, 0.3) is 0 Å². The largest absolute Gasteiger partial charge is 0.372 e. The number of hydrogen-bond acceptors (Lipinski definition) is 4. The highest BCUT2D eigenvalue weighted by molar-refractivity contribution is 5.39. The average molecular weight is 301 g/mol. The summed E-state index contributed by atoms with van der Waals surface area (Å²) in [6.45, 7) is 8.55. The average Bonchev–Trinajstić information content (AvgIpc) is 3.01. The predicted octanol–water partition coefficient (Wildman–Crippen LogP) is 2.10. The molecule has 1 unspecified atom stereocenters. The summed E-state index contributed by atoms with van der Waals surface area (Å²) in [5.74, 6) is 0. The van der Waals surface area contributed by atoms with Crippen LogP contribution in [0.5, 0.6) is 0 Å². The number of rotatable bonds is 2. The Morgan fingerprint density at radius 3 is 3.00 bits per heavy atom. The van der Waals surface area contributed by atoms with Crippen LogP contribution in [-0.4, -0.2) is 51.8 Å². The van der Waals surface area contributed by atoms with Crippen molar-refractivity contribution in [2.75, 3.05) is 26.3 Å². The van der Waals surface area contributed by atoms with Gasteiger partial charge in [0.15, 0.2) is 0 Å². The second-order valence-electron chi connectivity index (χ2n) is 7.15. The summed E-state index contributed by atoms with van der Waals surface area (Å²) < 4.78 is 14.2. The summed E-state index contributed by atoms with van der Waals surface area (Å²) in [6, 6.07) is 6.11. The van der Waals surface area contributed by atoms with Crippen molar-refractivity contribution in [3.05, 3.63) is 36.3 Å². The first-order valence-corrected chi connectivity index (χ1v) is 7.97. The summed E-state index contributed by atoms with van der Waals surface area (Å²) >= 11 is 0. The quantitative estimate of drug-likeness (QED) is 0.851. The van der Waals surface area contributed by atoms with Gasteiger partial charge in [-0.2, -0.15) is 0 Å². The molecule has 0 amide bonds. The van der Waals surface area contributed by atoms with Crippen molar-refractivity contribution in [1.82, 2.24) is 14.3 Å². The molecule has 2 fully saturated rings. The second-order valence-corrected chi connectivity index (χ2v) is 7.15. The molecule has 22 heavy (non-hydrogen) atoms. The predicted molar refractivity (Wildman–Crippen MR) is 83.8 cm³/mol. The Labute approximate surface area is 130 Å². The third-order valence-corrected chi connectivity index (χ3v) is 4.68. The summed E-state index contributed by atoms with van der Waals surface area (Å²) in [4.78, 5) is 6.94. The number of nitrogens with zero attached hydrogens (tertiary/aromatic N) is 3. The van der Waals surface area contributed by atoms with Crippen LogP contribution >= 0.6 is 0 Å². The van der Waals surface area contributed by atoms with Gasteiger partial charge in [0.2, 0.25) is 0 Å². The molecule has 0 radical (unpaired) electrons. The number of imidazole rings is 1. The van der Waals surface area contributed by atoms with Crippen molar-refractivity contribution < 1.29 is 9.47 Å². The van der Waals surface area contributed by atoms with Crippen LogP contribution in [-0.2, 0) is 16.0 Å². The van der Waals surface area contributed by atoms with Crippen molar-refractivity contribution >= 4 is 5.65 Å². The Morgan fingerprint density at radius 1 is 1.27 bits per heavy atom. The Balaban J connectivity index is 1.51. The van der Waals surface area contributed by atoms with Gasteiger partial charge in [0.1, 0.15) is 11.2 Å². The highest BCUT2D eigenvalue weighted by Crippen LogP contribution is 2.37. The lowest BCUT2D eigenvalue weighted by atomic mass is 9.92. The van der Waals surface area contributed by atoms with Crippen LogP contribution in [0.1, 0.15) is 26.0 Å². The van der Waals surface area contributed by atoms with Crippen LogP contribution < -0.4 is 0 Å². The molecular formula is C17H23N3O2. The SMILES string of the molecule is CC1(C)CC2(CO1)CN(Cc1cnc3ccccn13)CCO2. The zero-order chi connectivity index (χ0) is 15.2. The van der Waals surface area contributed by atoms with Crippen LogP contribution in [0, 0.1) is 0 Å². The molecule has 5 heteroatoms. The first-order chi connectivity index (χ1) is 10.6. The van der Waals surface area contributed by atoms with E-state index in [2.05, 4.69) is 34.3 Å². The second kappa shape index (κ2) is 5.05. The zero-order valence-electron chi connectivity index (χ0n) is 13.3. The van der Waals surface area contributed by atoms with Crippen LogP contribution in [0.15, 0.2) is 30.6 Å². The number of morpholine rings is 1. The van der Waals surface area contributed by atoms with E-state index < -0.39 is 0 Å². The number of ether oxygens (including phenoxy) is 2. The molecule has 4 heterocycles. The number of pyridine rings is 1. The lowest BCUT2D eigenvalue weighted by molar-refractivity contribution is -0.111. The summed E-state index contributed by atoms with van der Waals surface area (Å²) in [7, 11) is 0. The summed E-state index contributed by atoms with van der Waals surface area (Å²) in [6.07, 6.45) is 5.02. The van der Waals surface area contributed by atoms with Crippen LogP contribution in [0.3, 0.4) is 0 Å². The molecule has 118 valence electrons. The Hall–Kier alpha value is -1.43. The normalized spacial score (nSPS) is 28.6. The van der Waals surface area contributed by atoms with E-state index in [1.54, 1.807) is 0 Å². The Bertz CT molecular complexity index is 681. The van der Waals surface area contributed by atoms with E-state index in [4.69, 9.17) is 9.47 Å². The number of hydrogen-bond donors (Lipinski definition) is 0. The molecule has 0 aliphatic carbocycles. The summed E-state index contributed by atoms with van der Waals surface area (Å²) in [5.41, 5.74) is 2.02. The molecule has 0 saturated carbocycles. The van der Waals surface area contributed by atoms with Gasteiger partial charge in [0, 0.05) is 32.3 Å². The van der Waals surface area contributed by atoms with Gasteiger partial charge in [-0.05, 0) is 26.0 Å². The fraction of sp³-hybridized carbons (Fsp3) is 0.588.